The fraction of sp³-hybridized carbons (Fsp3) is 0.0667. The molecule has 0 aliphatic carbocycles. The molecule has 3 heterocycles. The van der Waals surface area contributed by atoms with Gasteiger partial charge in [-0.15, -0.1) is 0 Å². The first-order chi connectivity index (χ1) is 17.7. The second kappa shape index (κ2) is 7.93. The van der Waals surface area contributed by atoms with E-state index in [1.54, 1.807) is 4.40 Å². The number of hydrogen-bond donors (Lipinski definition) is 1. The van der Waals surface area contributed by atoms with Crippen LogP contribution in [0.25, 0.3) is 49.0 Å². The van der Waals surface area contributed by atoms with Gasteiger partial charge in [0.1, 0.15) is 12.3 Å². The number of aliphatic hydroxyl groups is 1. The number of pyridine rings is 2. The maximum atomic E-state index is 13.8. The molecular formula is C30H21N4O2+. The zero-order valence-electron chi connectivity index (χ0n) is 19.3. The predicted molar refractivity (Wildman–Crippen MR) is 144 cm³/mol. The van der Waals surface area contributed by atoms with Crippen LogP contribution in [-0.2, 0) is 6.54 Å². The number of fused-ring (bicyclic) bond motifs is 3. The van der Waals surface area contributed by atoms with E-state index in [1.165, 1.54) is 0 Å². The van der Waals surface area contributed by atoms with Crippen LogP contribution in [0.1, 0.15) is 5.56 Å². The summed E-state index contributed by atoms with van der Waals surface area (Å²) < 4.78 is 3.67. The highest BCUT2D eigenvalue weighted by molar-refractivity contribution is 6.18. The molecule has 7 rings (SSSR count). The third-order valence-electron chi connectivity index (χ3n) is 6.81. The van der Waals surface area contributed by atoms with E-state index < -0.39 is 0 Å². The van der Waals surface area contributed by atoms with Crippen LogP contribution in [0.2, 0.25) is 0 Å². The molecule has 4 aromatic carbocycles. The van der Waals surface area contributed by atoms with Crippen LogP contribution < -0.4 is 10.1 Å². The van der Waals surface area contributed by atoms with Crippen molar-refractivity contribution in [1.29, 1.82) is 0 Å². The van der Waals surface area contributed by atoms with Crippen LogP contribution in [0.3, 0.4) is 0 Å². The highest BCUT2D eigenvalue weighted by Gasteiger charge is 2.17. The van der Waals surface area contributed by atoms with Gasteiger partial charge in [0.2, 0.25) is 0 Å². The SMILES string of the molecule is O=c1c2cccc3cc(N=Cc4cc[n+](CCO)cc4)cc(c32)c2nc3cccc4cccc(c43)n12. The van der Waals surface area contributed by atoms with Gasteiger partial charge in [0.25, 0.3) is 5.56 Å². The van der Waals surface area contributed by atoms with Gasteiger partial charge in [-0.1, -0.05) is 36.4 Å². The van der Waals surface area contributed by atoms with Crippen molar-refractivity contribution in [2.75, 3.05) is 6.61 Å². The Bertz CT molecular complexity index is 2020. The molecule has 0 fully saturated rings. The monoisotopic (exact) mass is 469 g/mol. The topological polar surface area (TPSA) is 70.8 Å². The average molecular weight is 470 g/mol. The van der Waals surface area contributed by atoms with Gasteiger partial charge in [-0.25, -0.2) is 9.55 Å². The Balaban J connectivity index is 1.51. The van der Waals surface area contributed by atoms with E-state index in [0.29, 0.717) is 17.6 Å². The van der Waals surface area contributed by atoms with Crippen LogP contribution >= 0.6 is 0 Å². The van der Waals surface area contributed by atoms with Crippen molar-refractivity contribution >= 4 is 60.9 Å². The lowest BCUT2D eigenvalue weighted by atomic mass is 10.0. The van der Waals surface area contributed by atoms with Crippen molar-refractivity contribution in [3.05, 3.63) is 107 Å². The predicted octanol–water partition coefficient (Wildman–Crippen LogP) is 4.78. The minimum Gasteiger partial charge on any atom is -0.390 e. The zero-order valence-corrected chi connectivity index (χ0v) is 19.3. The van der Waals surface area contributed by atoms with E-state index in [2.05, 4.69) is 0 Å². The van der Waals surface area contributed by atoms with Crippen LogP contribution in [-0.4, -0.2) is 27.3 Å². The molecular weight excluding hydrogens is 448 g/mol. The zero-order chi connectivity index (χ0) is 24.2. The normalized spacial score (nSPS) is 12.2. The molecule has 0 atom stereocenters. The molecule has 0 saturated heterocycles. The van der Waals surface area contributed by atoms with Gasteiger partial charge in [-0.3, -0.25) is 14.2 Å². The highest BCUT2D eigenvalue weighted by atomic mass is 16.3. The maximum absolute atomic E-state index is 13.8. The Morgan fingerprint density at radius 3 is 2.50 bits per heavy atom. The van der Waals surface area contributed by atoms with Crippen LogP contribution in [0.4, 0.5) is 5.69 Å². The Morgan fingerprint density at radius 2 is 1.67 bits per heavy atom. The summed E-state index contributed by atoms with van der Waals surface area (Å²) >= 11 is 0. The average Bonchev–Trinajstić information content (AvgIpc) is 2.91. The summed E-state index contributed by atoms with van der Waals surface area (Å²) in [6.07, 6.45) is 5.67. The lowest BCUT2D eigenvalue weighted by molar-refractivity contribution is -0.698. The van der Waals surface area contributed by atoms with Crippen molar-refractivity contribution < 1.29 is 9.67 Å². The second-order valence-corrected chi connectivity index (χ2v) is 8.98. The molecule has 0 spiro atoms. The molecule has 0 saturated carbocycles. The largest absolute Gasteiger partial charge is 0.390 e. The van der Waals surface area contributed by atoms with Gasteiger partial charge in [-0.2, -0.15) is 0 Å². The standard InChI is InChI=1S/C30H21N4O2/c35-15-14-33-12-10-19(11-13-33)18-31-22-16-21-6-1-7-23-27(21)24(17-22)29-32-25-8-2-4-20-5-3-9-26(28(20)25)34(29)30(23)36/h1-13,16-18,35H,14-15H2/q+1. The Hall–Kier alpha value is -4.68. The van der Waals surface area contributed by atoms with Crippen LogP contribution in [0, 0.1) is 0 Å². The fourth-order valence-corrected chi connectivity index (χ4v) is 5.18. The molecule has 0 bridgehead atoms. The molecule has 6 nitrogen and oxygen atoms in total. The number of benzene rings is 4. The summed E-state index contributed by atoms with van der Waals surface area (Å²) in [7, 11) is 0. The number of hydrogen-bond acceptors (Lipinski definition) is 4. The van der Waals surface area contributed by atoms with Crippen molar-refractivity contribution in [2.24, 2.45) is 4.99 Å². The van der Waals surface area contributed by atoms with E-state index in [0.717, 1.165) is 49.2 Å². The second-order valence-electron chi connectivity index (χ2n) is 8.98. The van der Waals surface area contributed by atoms with E-state index in [-0.39, 0.29) is 12.2 Å². The first-order valence-electron chi connectivity index (χ1n) is 11.9. The summed E-state index contributed by atoms with van der Waals surface area (Å²) in [5.41, 5.74) is 4.04. The first-order valence-corrected chi connectivity index (χ1v) is 11.9. The minimum absolute atomic E-state index is 0.0643. The Labute approximate surface area is 205 Å². The third-order valence-corrected chi connectivity index (χ3v) is 6.81. The molecule has 6 heteroatoms. The van der Waals surface area contributed by atoms with Gasteiger partial charge < -0.3 is 5.11 Å². The number of aromatic nitrogens is 3. The van der Waals surface area contributed by atoms with Crippen LogP contribution in [0.15, 0.2) is 101 Å². The number of aliphatic imine (C=N–C) groups is 1. The quantitative estimate of drug-likeness (QED) is 0.175. The van der Waals surface area contributed by atoms with Crippen molar-refractivity contribution in [3.8, 4) is 0 Å². The summed E-state index contributed by atoms with van der Waals surface area (Å²) in [6.45, 7) is 0.657. The molecule has 172 valence electrons. The van der Waals surface area contributed by atoms with Crippen molar-refractivity contribution in [1.82, 2.24) is 9.38 Å². The molecule has 0 unspecified atom stereocenters. The summed E-state index contributed by atoms with van der Waals surface area (Å²) in [5.74, 6) is 0. The molecule has 3 aromatic heterocycles. The van der Waals surface area contributed by atoms with E-state index >= 15 is 0 Å². The summed E-state index contributed by atoms with van der Waals surface area (Å²) in [5, 5.41) is 14.6. The number of rotatable bonds is 4. The van der Waals surface area contributed by atoms with Crippen LogP contribution in [0.5, 0.6) is 0 Å². The molecule has 0 radical (unpaired) electrons. The van der Waals surface area contributed by atoms with E-state index in [9.17, 15) is 4.79 Å². The molecule has 0 aliphatic rings. The van der Waals surface area contributed by atoms with Gasteiger partial charge in [-0.05, 0) is 41.1 Å². The van der Waals surface area contributed by atoms with Gasteiger partial charge in [0.15, 0.2) is 18.9 Å². The van der Waals surface area contributed by atoms with Crippen molar-refractivity contribution in [3.63, 3.8) is 0 Å². The molecule has 0 aliphatic heterocycles. The first kappa shape index (κ1) is 20.7. The highest BCUT2D eigenvalue weighted by Crippen LogP contribution is 2.34. The van der Waals surface area contributed by atoms with Gasteiger partial charge >= 0.3 is 0 Å². The minimum atomic E-state index is -0.0643. The third kappa shape index (κ3) is 3.08. The number of nitrogens with zero attached hydrogens (tertiary/aromatic N) is 4. The van der Waals surface area contributed by atoms with Crippen molar-refractivity contribution in [2.45, 2.75) is 6.54 Å². The Kier molecular flexibility index (Phi) is 4.56. The Morgan fingerprint density at radius 1 is 0.889 bits per heavy atom. The summed E-state index contributed by atoms with van der Waals surface area (Å²) in [6, 6.07) is 25.9. The maximum Gasteiger partial charge on any atom is 0.264 e. The number of aliphatic hydroxyl groups excluding tert-OH is 1. The molecule has 1 N–H and O–H groups in total. The molecule has 36 heavy (non-hydrogen) atoms. The molecule has 7 aromatic rings. The lowest BCUT2D eigenvalue weighted by Crippen LogP contribution is -2.34. The fourth-order valence-electron chi connectivity index (χ4n) is 5.18. The van der Waals surface area contributed by atoms with Gasteiger partial charge in [0.05, 0.1) is 16.7 Å². The molecule has 0 amide bonds. The van der Waals surface area contributed by atoms with Gasteiger partial charge in [0, 0.05) is 45.5 Å². The lowest BCUT2D eigenvalue weighted by Gasteiger charge is -2.14. The smallest absolute Gasteiger partial charge is 0.264 e. The van der Waals surface area contributed by atoms with E-state index in [4.69, 9.17) is 15.1 Å². The van der Waals surface area contributed by atoms with E-state index in [1.807, 2.05) is 102 Å². The summed E-state index contributed by atoms with van der Waals surface area (Å²) in [4.78, 5) is 23.5.